The monoisotopic (exact) mass is 253 g/mol. The number of alkyl halides is 3. The highest BCUT2D eigenvalue weighted by molar-refractivity contribution is 5.75. The number of hydrogen-bond donors (Lipinski definition) is 1. The summed E-state index contributed by atoms with van der Waals surface area (Å²) in [5, 5.41) is 0. The molecular weight excluding hydrogens is 235 g/mol. The first-order chi connectivity index (χ1) is 7.86. The van der Waals surface area contributed by atoms with Gasteiger partial charge >= 0.3 is 12.1 Å². The Balaban J connectivity index is 2.57. The highest BCUT2D eigenvalue weighted by Gasteiger charge is 2.44. The van der Waals surface area contributed by atoms with Gasteiger partial charge in [0.2, 0.25) is 0 Å². The fraction of sp³-hybridized carbons (Fsp3) is 0.909. The van der Waals surface area contributed by atoms with E-state index in [4.69, 9.17) is 10.5 Å². The van der Waals surface area contributed by atoms with E-state index in [0.717, 1.165) is 0 Å². The van der Waals surface area contributed by atoms with E-state index in [9.17, 15) is 18.0 Å². The van der Waals surface area contributed by atoms with Gasteiger partial charge in [-0.15, -0.1) is 0 Å². The van der Waals surface area contributed by atoms with Crippen LogP contribution in [-0.2, 0) is 9.53 Å². The zero-order valence-electron chi connectivity index (χ0n) is 9.80. The molecule has 3 nitrogen and oxygen atoms in total. The van der Waals surface area contributed by atoms with Crippen molar-refractivity contribution in [3.05, 3.63) is 0 Å². The van der Waals surface area contributed by atoms with Crippen molar-refractivity contribution >= 4 is 5.97 Å². The predicted octanol–water partition coefficient (Wildman–Crippen LogP) is 2.25. The first-order valence-electron chi connectivity index (χ1n) is 5.85. The number of esters is 1. The fourth-order valence-corrected chi connectivity index (χ4v) is 2.28. The van der Waals surface area contributed by atoms with Gasteiger partial charge in [0.15, 0.2) is 0 Å². The van der Waals surface area contributed by atoms with Gasteiger partial charge in [-0.05, 0) is 32.1 Å². The summed E-state index contributed by atoms with van der Waals surface area (Å²) in [5.74, 6) is -2.35. The molecule has 0 spiro atoms. The van der Waals surface area contributed by atoms with Gasteiger partial charge in [0.1, 0.15) is 6.04 Å². The molecule has 2 N–H and O–H groups in total. The summed E-state index contributed by atoms with van der Waals surface area (Å²) in [6, 6.07) is -0.930. The molecule has 0 radical (unpaired) electrons. The number of ether oxygens (including phenoxy) is 1. The zero-order valence-corrected chi connectivity index (χ0v) is 9.80. The van der Waals surface area contributed by atoms with Crippen LogP contribution >= 0.6 is 0 Å². The van der Waals surface area contributed by atoms with Gasteiger partial charge in [-0.1, -0.05) is 6.42 Å². The smallest absolute Gasteiger partial charge is 0.391 e. The van der Waals surface area contributed by atoms with Crippen LogP contribution in [0.4, 0.5) is 13.2 Å². The number of halogens is 3. The molecule has 0 aromatic heterocycles. The Hall–Kier alpha value is -0.780. The molecular formula is C11H18F3NO2. The topological polar surface area (TPSA) is 52.3 Å². The number of hydrogen-bond acceptors (Lipinski definition) is 3. The number of nitrogens with two attached hydrogens (primary N) is 1. The van der Waals surface area contributed by atoms with Crippen LogP contribution in [0.1, 0.15) is 32.6 Å². The maximum absolute atomic E-state index is 12.6. The van der Waals surface area contributed by atoms with Gasteiger partial charge in [0.05, 0.1) is 12.5 Å². The van der Waals surface area contributed by atoms with Crippen LogP contribution in [-0.4, -0.2) is 24.8 Å². The largest absolute Gasteiger partial charge is 0.465 e. The Morgan fingerprint density at radius 2 is 2.12 bits per heavy atom. The molecule has 0 aliphatic heterocycles. The van der Waals surface area contributed by atoms with Crippen LogP contribution in [0.15, 0.2) is 0 Å². The Morgan fingerprint density at radius 1 is 1.47 bits per heavy atom. The highest BCUT2D eigenvalue weighted by atomic mass is 19.4. The van der Waals surface area contributed by atoms with Crippen molar-refractivity contribution in [2.75, 3.05) is 6.61 Å². The lowest BCUT2D eigenvalue weighted by Gasteiger charge is -2.32. The maximum atomic E-state index is 12.6. The van der Waals surface area contributed by atoms with Gasteiger partial charge in [-0.3, -0.25) is 4.79 Å². The molecule has 0 saturated heterocycles. The van der Waals surface area contributed by atoms with Gasteiger partial charge in [-0.2, -0.15) is 13.2 Å². The zero-order chi connectivity index (χ0) is 13.1. The van der Waals surface area contributed by atoms with E-state index in [2.05, 4.69) is 0 Å². The molecule has 0 heterocycles. The molecule has 1 rings (SSSR count). The molecule has 1 fully saturated rings. The third-order valence-electron chi connectivity index (χ3n) is 3.24. The lowest BCUT2D eigenvalue weighted by atomic mass is 9.77. The summed E-state index contributed by atoms with van der Waals surface area (Å²) in [5.41, 5.74) is 5.64. The second-order valence-corrected chi connectivity index (χ2v) is 4.44. The summed E-state index contributed by atoms with van der Waals surface area (Å²) in [6.45, 7) is 1.84. The van der Waals surface area contributed by atoms with Crippen molar-refractivity contribution in [2.45, 2.75) is 44.8 Å². The predicted molar refractivity (Wildman–Crippen MR) is 56.1 cm³/mol. The van der Waals surface area contributed by atoms with Gasteiger partial charge in [-0.25, -0.2) is 0 Å². The van der Waals surface area contributed by atoms with E-state index in [0.29, 0.717) is 12.8 Å². The molecule has 1 saturated carbocycles. The molecule has 100 valence electrons. The molecule has 0 aromatic carbocycles. The third kappa shape index (κ3) is 3.87. The quantitative estimate of drug-likeness (QED) is 0.785. The van der Waals surface area contributed by atoms with Crippen LogP contribution in [0.3, 0.4) is 0 Å². The van der Waals surface area contributed by atoms with Crippen LogP contribution in [0, 0.1) is 11.8 Å². The minimum atomic E-state index is -4.19. The average molecular weight is 253 g/mol. The second-order valence-electron chi connectivity index (χ2n) is 4.44. The van der Waals surface area contributed by atoms with Crippen molar-refractivity contribution in [1.82, 2.24) is 0 Å². The average Bonchev–Trinajstić information content (AvgIpc) is 2.27. The number of rotatable bonds is 3. The molecule has 6 heteroatoms. The van der Waals surface area contributed by atoms with Crippen molar-refractivity contribution < 1.29 is 22.7 Å². The fourth-order valence-electron chi connectivity index (χ4n) is 2.28. The van der Waals surface area contributed by atoms with Crippen molar-refractivity contribution in [3.63, 3.8) is 0 Å². The molecule has 1 aliphatic carbocycles. The SMILES string of the molecule is CCOC(=O)C(N)C1CCCC(C(F)(F)F)C1. The molecule has 0 amide bonds. The lowest BCUT2D eigenvalue weighted by Crippen LogP contribution is -2.43. The van der Waals surface area contributed by atoms with Gasteiger partial charge < -0.3 is 10.5 Å². The lowest BCUT2D eigenvalue weighted by molar-refractivity contribution is -0.187. The summed E-state index contributed by atoms with van der Waals surface area (Å²) in [6.07, 6.45) is -3.10. The normalized spacial score (nSPS) is 27.6. The van der Waals surface area contributed by atoms with E-state index >= 15 is 0 Å². The van der Waals surface area contributed by atoms with E-state index < -0.39 is 30.0 Å². The first kappa shape index (κ1) is 14.3. The number of carbonyl (C=O) groups excluding carboxylic acids is 1. The Morgan fingerprint density at radius 3 is 2.65 bits per heavy atom. The minimum Gasteiger partial charge on any atom is -0.465 e. The summed E-state index contributed by atoms with van der Waals surface area (Å²) < 4.78 is 42.4. The second kappa shape index (κ2) is 5.71. The Labute approximate surface area is 98.5 Å². The molecule has 1 aliphatic rings. The molecule has 3 atom stereocenters. The maximum Gasteiger partial charge on any atom is 0.391 e. The van der Waals surface area contributed by atoms with Crippen molar-refractivity contribution in [2.24, 2.45) is 17.6 Å². The van der Waals surface area contributed by atoms with Gasteiger partial charge in [0.25, 0.3) is 0 Å². The minimum absolute atomic E-state index is 0.0660. The molecule has 17 heavy (non-hydrogen) atoms. The Kier molecular flexibility index (Phi) is 4.80. The number of carbonyl (C=O) groups is 1. The molecule has 3 unspecified atom stereocenters. The van der Waals surface area contributed by atoms with Crippen LogP contribution in [0.2, 0.25) is 0 Å². The Bertz CT molecular complexity index is 268. The van der Waals surface area contributed by atoms with E-state index in [1.165, 1.54) is 0 Å². The summed E-state index contributed by atoms with van der Waals surface area (Å²) >= 11 is 0. The molecule has 0 bridgehead atoms. The highest BCUT2D eigenvalue weighted by Crippen LogP contribution is 2.40. The van der Waals surface area contributed by atoms with Crippen molar-refractivity contribution in [1.29, 1.82) is 0 Å². The summed E-state index contributed by atoms with van der Waals surface area (Å²) in [4.78, 5) is 11.4. The van der Waals surface area contributed by atoms with Crippen molar-refractivity contribution in [3.8, 4) is 0 Å². The first-order valence-corrected chi connectivity index (χ1v) is 5.85. The molecule has 0 aromatic rings. The summed E-state index contributed by atoms with van der Waals surface area (Å²) in [7, 11) is 0. The van der Waals surface area contributed by atoms with E-state index in [1.807, 2.05) is 0 Å². The third-order valence-corrected chi connectivity index (χ3v) is 3.24. The van der Waals surface area contributed by atoms with E-state index in [-0.39, 0.29) is 19.4 Å². The van der Waals surface area contributed by atoms with Gasteiger partial charge in [0, 0.05) is 0 Å². The van der Waals surface area contributed by atoms with Crippen LogP contribution in [0.25, 0.3) is 0 Å². The standard InChI is InChI=1S/C11H18F3NO2/c1-2-17-10(16)9(15)7-4-3-5-8(6-7)11(12,13)14/h7-9H,2-6,15H2,1H3. The van der Waals surface area contributed by atoms with Crippen LogP contribution < -0.4 is 5.73 Å². The van der Waals surface area contributed by atoms with Crippen LogP contribution in [0.5, 0.6) is 0 Å². The van der Waals surface area contributed by atoms with E-state index in [1.54, 1.807) is 6.92 Å².